The first kappa shape index (κ1) is 14.0. The number of nitrogens with zero attached hydrogens (tertiary/aromatic N) is 1. The maximum atomic E-state index is 12.0. The summed E-state index contributed by atoms with van der Waals surface area (Å²) >= 11 is 0. The van der Waals surface area contributed by atoms with E-state index in [1.54, 1.807) is 24.3 Å². The van der Waals surface area contributed by atoms with Crippen molar-refractivity contribution in [3.8, 4) is 0 Å². The fraction of sp³-hybridized carbons (Fsp3) is 0.267. The van der Waals surface area contributed by atoms with Gasteiger partial charge in [-0.15, -0.1) is 0 Å². The zero-order chi connectivity index (χ0) is 14.5. The number of rotatable bonds is 4. The Bertz CT molecular complexity index is 603. The van der Waals surface area contributed by atoms with Crippen LogP contribution in [0.2, 0.25) is 0 Å². The van der Waals surface area contributed by atoms with E-state index in [4.69, 9.17) is 5.73 Å². The minimum atomic E-state index is -0.127. The summed E-state index contributed by atoms with van der Waals surface area (Å²) in [6, 6.07) is 5.13. The third kappa shape index (κ3) is 3.12. The molecule has 0 spiro atoms. The Morgan fingerprint density at radius 3 is 3.00 bits per heavy atom. The number of hydrogen-bond donors (Lipinski definition) is 2. The number of amidine groups is 1. The molecular weight excluding hydrogens is 254 g/mol. The molecule has 0 radical (unpaired) electrons. The molecule has 1 aliphatic rings. The third-order valence-corrected chi connectivity index (χ3v) is 2.98. The number of nitrogens with one attached hydrogen (secondary N) is 1. The molecule has 5 nitrogen and oxygen atoms in total. The highest BCUT2D eigenvalue weighted by molar-refractivity contribution is 6.05. The highest BCUT2D eigenvalue weighted by atomic mass is 16.1. The van der Waals surface area contributed by atoms with E-state index >= 15 is 0 Å². The summed E-state index contributed by atoms with van der Waals surface area (Å²) in [6.45, 7) is 2.62. The number of nitrogens with two attached hydrogens (primary N) is 1. The Balaban J connectivity index is 2.37. The Kier molecular flexibility index (Phi) is 4.30. The van der Waals surface area contributed by atoms with Crippen LogP contribution < -0.4 is 11.1 Å². The van der Waals surface area contributed by atoms with E-state index in [-0.39, 0.29) is 5.91 Å². The van der Waals surface area contributed by atoms with Crippen LogP contribution in [0, 0.1) is 0 Å². The predicted octanol–water partition coefficient (Wildman–Crippen LogP) is 1.80. The first-order valence-electron chi connectivity index (χ1n) is 6.55. The van der Waals surface area contributed by atoms with Crippen molar-refractivity contribution < 1.29 is 9.59 Å². The van der Waals surface area contributed by atoms with Crippen LogP contribution >= 0.6 is 0 Å². The number of aldehydes is 1. The van der Waals surface area contributed by atoms with Crippen molar-refractivity contribution in [2.24, 2.45) is 10.7 Å². The van der Waals surface area contributed by atoms with Gasteiger partial charge in [0.15, 0.2) is 0 Å². The fourth-order valence-electron chi connectivity index (χ4n) is 1.98. The van der Waals surface area contributed by atoms with Gasteiger partial charge in [0.05, 0.1) is 5.69 Å². The second kappa shape index (κ2) is 6.14. The van der Waals surface area contributed by atoms with Gasteiger partial charge in [-0.1, -0.05) is 19.1 Å². The molecule has 1 amide bonds. The van der Waals surface area contributed by atoms with Crippen molar-refractivity contribution >= 4 is 29.8 Å². The number of benzene rings is 1. The molecule has 3 N–H and O–H groups in total. The highest BCUT2D eigenvalue weighted by Gasteiger charge is 2.15. The Labute approximate surface area is 117 Å². The molecule has 0 fully saturated rings. The predicted molar refractivity (Wildman–Crippen MR) is 79.0 cm³/mol. The number of carbonyl (C=O) groups excluding carboxylic acids is 2. The molecule has 1 aliphatic heterocycles. The molecule has 0 bridgehead atoms. The highest BCUT2D eigenvalue weighted by Crippen LogP contribution is 2.27. The minimum absolute atomic E-state index is 0.127. The maximum Gasteiger partial charge on any atom is 0.247 e. The summed E-state index contributed by atoms with van der Waals surface area (Å²) in [5.74, 6) is 0.238. The Hall–Kier alpha value is -2.43. The van der Waals surface area contributed by atoms with Crippen molar-refractivity contribution in [2.45, 2.75) is 19.8 Å². The molecule has 0 saturated heterocycles. The smallest absolute Gasteiger partial charge is 0.247 e. The Morgan fingerprint density at radius 1 is 1.50 bits per heavy atom. The summed E-state index contributed by atoms with van der Waals surface area (Å²) in [4.78, 5) is 27.1. The lowest BCUT2D eigenvalue weighted by atomic mass is 10.1. The van der Waals surface area contributed by atoms with Crippen LogP contribution in [0.25, 0.3) is 6.08 Å². The second-order valence-electron chi connectivity index (χ2n) is 4.64. The van der Waals surface area contributed by atoms with Crippen LogP contribution in [0.4, 0.5) is 5.69 Å². The van der Waals surface area contributed by atoms with Gasteiger partial charge < -0.3 is 11.1 Å². The van der Waals surface area contributed by atoms with Gasteiger partial charge in [-0.2, -0.15) is 0 Å². The fourth-order valence-corrected chi connectivity index (χ4v) is 1.98. The van der Waals surface area contributed by atoms with Gasteiger partial charge in [0, 0.05) is 29.7 Å². The minimum Gasteiger partial charge on any atom is -0.387 e. The van der Waals surface area contributed by atoms with Crippen LogP contribution in [0.15, 0.2) is 28.8 Å². The van der Waals surface area contributed by atoms with Crippen molar-refractivity contribution in [2.75, 3.05) is 6.54 Å². The van der Waals surface area contributed by atoms with E-state index < -0.39 is 0 Å². The molecule has 0 atom stereocenters. The summed E-state index contributed by atoms with van der Waals surface area (Å²) in [5.41, 5.74) is 8.36. The van der Waals surface area contributed by atoms with Gasteiger partial charge in [-0.25, -0.2) is 4.99 Å². The normalized spacial score (nSPS) is 13.7. The third-order valence-electron chi connectivity index (χ3n) is 2.98. The van der Waals surface area contributed by atoms with Crippen LogP contribution in [-0.4, -0.2) is 24.6 Å². The number of fused-ring (bicyclic) bond motifs is 1. The first-order valence-corrected chi connectivity index (χ1v) is 6.55. The van der Waals surface area contributed by atoms with E-state index in [1.807, 2.05) is 6.92 Å². The molecule has 0 saturated carbocycles. The topological polar surface area (TPSA) is 84.5 Å². The average molecular weight is 271 g/mol. The van der Waals surface area contributed by atoms with Crippen LogP contribution in [0.1, 0.15) is 35.7 Å². The van der Waals surface area contributed by atoms with E-state index in [1.165, 1.54) is 0 Å². The molecule has 0 unspecified atom stereocenters. The van der Waals surface area contributed by atoms with Gasteiger partial charge in [0.2, 0.25) is 5.91 Å². The molecule has 0 aromatic heterocycles. The van der Waals surface area contributed by atoms with E-state index in [0.717, 1.165) is 18.3 Å². The SMILES string of the molecule is CCCNC(=O)C1=Cc2ccc(C=O)cc2N=C(N)C1. The van der Waals surface area contributed by atoms with Crippen molar-refractivity contribution in [1.29, 1.82) is 0 Å². The van der Waals surface area contributed by atoms with Gasteiger partial charge >= 0.3 is 0 Å². The van der Waals surface area contributed by atoms with Gasteiger partial charge in [-0.05, 0) is 18.6 Å². The van der Waals surface area contributed by atoms with Gasteiger partial charge in [0.25, 0.3) is 0 Å². The summed E-state index contributed by atoms with van der Waals surface area (Å²) in [6.07, 6.45) is 3.72. The van der Waals surface area contributed by atoms with E-state index in [0.29, 0.717) is 35.6 Å². The molecule has 1 aromatic rings. The molecule has 1 aromatic carbocycles. The van der Waals surface area contributed by atoms with Crippen LogP contribution in [0.3, 0.4) is 0 Å². The summed E-state index contributed by atoms with van der Waals surface area (Å²) < 4.78 is 0. The Morgan fingerprint density at radius 2 is 2.30 bits per heavy atom. The number of hydrogen-bond acceptors (Lipinski definition) is 4. The van der Waals surface area contributed by atoms with Gasteiger partial charge in [-0.3, -0.25) is 9.59 Å². The monoisotopic (exact) mass is 271 g/mol. The lowest BCUT2D eigenvalue weighted by Gasteiger charge is -2.06. The molecular formula is C15H17N3O2. The first-order chi connectivity index (χ1) is 9.63. The number of carbonyl (C=O) groups is 2. The number of amides is 1. The number of aliphatic imine (C=N–C) groups is 1. The summed E-state index contributed by atoms with van der Waals surface area (Å²) in [5, 5.41) is 2.83. The average Bonchev–Trinajstić information content (AvgIpc) is 2.61. The van der Waals surface area contributed by atoms with Crippen LogP contribution in [-0.2, 0) is 4.79 Å². The molecule has 2 rings (SSSR count). The molecule has 5 heteroatoms. The van der Waals surface area contributed by atoms with Crippen molar-refractivity contribution in [3.05, 3.63) is 34.9 Å². The van der Waals surface area contributed by atoms with Crippen molar-refractivity contribution in [1.82, 2.24) is 5.32 Å². The molecule has 20 heavy (non-hydrogen) atoms. The zero-order valence-electron chi connectivity index (χ0n) is 11.3. The van der Waals surface area contributed by atoms with E-state index in [9.17, 15) is 9.59 Å². The molecule has 0 aliphatic carbocycles. The molecule has 1 heterocycles. The zero-order valence-corrected chi connectivity index (χ0v) is 11.3. The second-order valence-corrected chi connectivity index (χ2v) is 4.64. The lowest BCUT2D eigenvalue weighted by Crippen LogP contribution is -2.27. The van der Waals surface area contributed by atoms with E-state index in [2.05, 4.69) is 10.3 Å². The quantitative estimate of drug-likeness (QED) is 0.819. The van der Waals surface area contributed by atoms with Crippen molar-refractivity contribution in [3.63, 3.8) is 0 Å². The molecule has 104 valence electrons. The summed E-state index contributed by atoms with van der Waals surface area (Å²) in [7, 11) is 0. The maximum absolute atomic E-state index is 12.0. The largest absolute Gasteiger partial charge is 0.387 e. The van der Waals surface area contributed by atoms with Gasteiger partial charge in [0.1, 0.15) is 12.1 Å². The lowest BCUT2D eigenvalue weighted by molar-refractivity contribution is -0.117. The van der Waals surface area contributed by atoms with Crippen LogP contribution in [0.5, 0.6) is 0 Å². The standard InChI is InChI=1S/C15H17N3O2/c1-2-5-17-15(20)12-7-11-4-3-10(9-19)6-13(11)18-14(16)8-12/h3-4,6-7,9H,2,5,8H2,1H3,(H2,16,18)(H,17,20).